The minimum atomic E-state index is -1.12. The number of aromatic amines is 1. The average molecular weight is 325 g/mol. The number of hydrogen-bond donors (Lipinski definition) is 3. The van der Waals surface area contributed by atoms with E-state index in [0.717, 1.165) is 40.4 Å². The van der Waals surface area contributed by atoms with Gasteiger partial charge in [0.15, 0.2) is 0 Å². The molecule has 1 aliphatic heterocycles. The maximum absolute atomic E-state index is 14.0. The molecule has 1 aliphatic carbocycles. The highest BCUT2D eigenvalue weighted by atomic mass is 19.1. The lowest BCUT2D eigenvalue weighted by Gasteiger charge is -2.10. The maximum Gasteiger partial charge on any atom is 0.248 e. The summed E-state index contributed by atoms with van der Waals surface area (Å²) in [6.07, 6.45) is 1.39. The SMILES string of the molecule is CNCc1ccc(-c2[nH]c3c4c2CCNC(=O)C=4CC(F)C=3)cc1. The van der Waals surface area contributed by atoms with Gasteiger partial charge < -0.3 is 15.6 Å². The highest BCUT2D eigenvalue weighted by Gasteiger charge is 2.26. The first kappa shape index (κ1) is 15.1. The third-order valence-corrected chi connectivity index (χ3v) is 4.74. The number of aromatic nitrogens is 1. The molecule has 5 heteroatoms. The van der Waals surface area contributed by atoms with E-state index in [1.165, 1.54) is 5.56 Å². The molecule has 0 saturated heterocycles. The lowest BCUT2D eigenvalue weighted by molar-refractivity contribution is -0.115. The van der Waals surface area contributed by atoms with Gasteiger partial charge in [0.05, 0.1) is 0 Å². The number of carbonyl (C=O) groups is 1. The molecule has 124 valence electrons. The normalized spacial score (nSPS) is 19.3. The van der Waals surface area contributed by atoms with E-state index in [0.29, 0.717) is 12.1 Å². The van der Waals surface area contributed by atoms with Gasteiger partial charge in [0.1, 0.15) is 6.17 Å². The van der Waals surface area contributed by atoms with Crippen molar-refractivity contribution in [1.82, 2.24) is 15.6 Å². The Balaban J connectivity index is 1.91. The first-order chi connectivity index (χ1) is 11.7. The predicted octanol–water partition coefficient (Wildman–Crippen LogP) is 0.746. The van der Waals surface area contributed by atoms with E-state index in [9.17, 15) is 9.18 Å². The Labute approximate surface area is 139 Å². The van der Waals surface area contributed by atoms with Crippen LogP contribution >= 0.6 is 0 Å². The second-order valence-corrected chi connectivity index (χ2v) is 6.37. The van der Waals surface area contributed by atoms with Gasteiger partial charge in [-0.25, -0.2) is 4.39 Å². The Morgan fingerprint density at radius 2 is 2.08 bits per heavy atom. The van der Waals surface area contributed by atoms with Crippen molar-refractivity contribution >= 4 is 17.6 Å². The standard InChI is InChI=1S/C19H20FN3O/c1-21-10-11-2-4-12(5-3-11)18-14-6-7-22-19(24)15-8-13(20)9-16(23-18)17(14)15/h2-5,9,13,21,23H,6-8,10H2,1H3,(H,22,24). The number of alkyl halides is 1. The molecule has 24 heavy (non-hydrogen) atoms. The minimum Gasteiger partial charge on any atom is -0.354 e. The van der Waals surface area contributed by atoms with Gasteiger partial charge in [-0.05, 0) is 36.2 Å². The number of nitrogens with one attached hydrogen (secondary N) is 3. The van der Waals surface area contributed by atoms with Crippen LogP contribution in [0.15, 0.2) is 24.3 Å². The number of H-pyrrole nitrogens is 1. The summed E-state index contributed by atoms with van der Waals surface area (Å²) in [5.74, 6) is -0.138. The predicted molar refractivity (Wildman–Crippen MR) is 92.3 cm³/mol. The number of rotatable bonds is 3. The van der Waals surface area contributed by atoms with Crippen LogP contribution < -0.4 is 21.2 Å². The Bertz CT molecular complexity index is 911. The van der Waals surface area contributed by atoms with E-state index in [4.69, 9.17) is 0 Å². The van der Waals surface area contributed by atoms with Crippen LogP contribution in [-0.4, -0.2) is 30.7 Å². The van der Waals surface area contributed by atoms with E-state index in [1.54, 1.807) is 6.08 Å². The van der Waals surface area contributed by atoms with Gasteiger partial charge in [-0.15, -0.1) is 0 Å². The molecule has 4 rings (SSSR count). The fourth-order valence-corrected chi connectivity index (χ4v) is 3.67. The Morgan fingerprint density at radius 3 is 2.83 bits per heavy atom. The van der Waals surface area contributed by atoms with Crippen LogP contribution in [0, 0.1) is 0 Å². The van der Waals surface area contributed by atoms with Gasteiger partial charge in [0.25, 0.3) is 0 Å². The zero-order chi connectivity index (χ0) is 16.7. The van der Waals surface area contributed by atoms with Crippen molar-refractivity contribution in [2.45, 2.75) is 25.6 Å². The number of carbonyl (C=O) groups excluding carboxylic acids is 1. The molecule has 3 N–H and O–H groups in total. The Morgan fingerprint density at radius 1 is 1.29 bits per heavy atom. The molecule has 0 fully saturated rings. The van der Waals surface area contributed by atoms with E-state index < -0.39 is 6.17 Å². The smallest absolute Gasteiger partial charge is 0.248 e. The second-order valence-electron chi connectivity index (χ2n) is 6.37. The first-order valence-electron chi connectivity index (χ1n) is 8.29. The fraction of sp³-hybridized carbons (Fsp3) is 0.316. The van der Waals surface area contributed by atoms with Crippen molar-refractivity contribution in [3.8, 4) is 11.3 Å². The van der Waals surface area contributed by atoms with Crippen molar-refractivity contribution < 1.29 is 9.18 Å². The van der Waals surface area contributed by atoms with Crippen LogP contribution in [0.4, 0.5) is 4.39 Å². The highest BCUT2D eigenvalue weighted by Crippen LogP contribution is 2.23. The molecule has 1 aromatic carbocycles. The summed E-state index contributed by atoms with van der Waals surface area (Å²) >= 11 is 0. The number of benzene rings is 1. The molecule has 2 aromatic rings. The van der Waals surface area contributed by atoms with E-state index >= 15 is 0 Å². The lowest BCUT2D eigenvalue weighted by Crippen LogP contribution is -2.36. The molecule has 1 unspecified atom stereocenters. The summed E-state index contributed by atoms with van der Waals surface area (Å²) in [6.45, 7) is 1.40. The van der Waals surface area contributed by atoms with Crippen molar-refractivity contribution in [2.75, 3.05) is 13.6 Å². The van der Waals surface area contributed by atoms with Crippen molar-refractivity contribution in [3.05, 3.63) is 46.0 Å². The molecule has 1 amide bonds. The third kappa shape index (κ3) is 2.45. The van der Waals surface area contributed by atoms with Gasteiger partial charge in [-0.3, -0.25) is 4.79 Å². The number of amides is 1. The molecule has 2 aliphatic rings. The summed E-state index contributed by atoms with van der Waals surface area (Å²) in [6, 6.07) is 8.33. The summed E-state index contributed by atoms with van der Waals surface area (Å²) in [5.41, 5.74) is 4.96. The third-order valence-electron chi connectivity index (χ3n) is 4.74. The average Bonchev–Trinajstić information content (AvgIpc) is 2.84. The molecule has 1 aromatic heterocycles. The molecule has 4 nitrogen and oxygen atoms in total. The molecule has 0 spiro atoms. The molecule has 0 saturated carbocycles. The quantitative estimate of drug-likeness (QED) is 0.780. The molecule has 2 heterocycles. The largest absolute Gasteiger partial charge is 0.354 e. The maximum atomic E-state index is 14.0. The van der Waals surface area contributed by atoms with Gasteiger partial charge in [-0.2, -0.15) is 0 Å². The minimum absolute atomic E-state index is 0.138. The summed E-state index contributed by atoms with van der Waals surface area (Å²) in [4.78, 5) is 15.6. The van der Waals surface area contributed by atoms with Gasteiger partial charge >= 0.3 is 0 Å². The van der Waals surface area contributed by atoms with Gasteiger partial charge in [0.2, 0.25) is 5.91 Å². The van der Waals surface area contributed by atoms with Gasteiger partial charge in [0, 0.05) is 41.3 Å². The molecule has 0 bridgehead atoms. The molecular weight excluding hydrogens is 305 g/mol. The second kappa shape index (κ2) is 5.91. The van der Waals surface area contributed by atoms with E-state index in [2.05, 4.69) is 39.9 Å². The topological polar surface area (TPSA) is 56.9 Å². The zero-order valence-electron chi connectivity index (χ0n) is 13.6. The van der Waals surface area contributed by atoms with Crippen molar-refractivity contribution in [2.24, 2.45) is 0 Å². The monoisotopic (exact) mass is 325 g/mol. The van der Waals surface area contributed by atoms with Crippen LogP contribution in [-0.2, 0) is 17.8 Å². The van der Waals surface area contributed by atoms with Gasteiger partial charge in [-0.1, -0.05) is 24.3 Å². The van der Waals surface area contributed by atoms with Crippen LogP contribution in [0.5, 0.6) is 0 Å². The zero-order valence-corrected chi connectivity index (χ0v) is 13.6. The Hall–Kier alpha value is -2.40. The van der Waals surface area contributed by atoms with Crippen LogP contribution in [0.2, 0.25) is 0 Å². The van der Waals surface area contributed by atoms with E-state index in [-0.39, 0.29) is 12.3 Å². The molecular formula is C19H20FN3O. The lowest BCUT2D eigenvalue weighted by atomic mass is 9.97. The number of hydrogen-bond acceptors (Lipinski definition) is 2. The Kier molecular flexibility index (Phi) is 3.73. The molecule has 1 atom stereocenters. The first-order valence-corrected chi connectivity index (χ1v) is 8.29. The fourth-order valence-electron chi connectivity index (χ4n) is 3.67. The summed E-state index contributed by atoms with van der Waals surface area (Å²) in [5, 5.41) is 7.67. The van der Waals surface area contributed by atoms with Crippen molar-refractivity contribution in [3.63, 3.8) is 0 Å². The molecule has 0 radical (unpaired) electrons. The summed E-state index contributed by atoms with van der Waals surface area (Å²) < 4.78 is 14.0. The van der Waals surface area contributed by atoms with Crippen LogP contribution in [0.1, 0.15) is 17.5 Å². The highest BCUT2D eigenvalue weighted by molar-refractivity contribution is 6.14. The van der Waals surface area contributed by atoms with Crippen molar-refractivity contribution in [1.29, 1.82) is 0 Å². The van der Waals surface area contributed by atoms with Crippen LogP contribution in [0.3, 0.4) is 0 Å². The summed E-state index contributed by atoms with van der Waals surface area (Å²) in [7, 11) is 1.92. The number of halogens is 1. The van der Waals surface area contributed by atoms with E-state index in [1.807, 2.05) is 7.05 Å². The van der Waals surface area contributed by atoms with Crippen LogP contribution in [0.25, 0.3) is 22.9 Å².